The monoisotopic (exact) mass is 297 g/mol. The molecule has 0 fully saturated rings. The summed E-state index contributed by atoms with van der Waals surface area (Å²) >= 11 is 1.55. The fraction of sp³-hybridized carbons (Fsp3) is 0.125. The van der Waals surface area contributed by atoms with E-state index < -0.39 is 0 Å². The second-order valence-electron chi connectivity index (χ2n) is 4.58. The van der Waals surface area contributed by atoms with Crippen LogP contribution in [0, 0.1) is 6.92 Å². The average molecular weight is 297 g/mol. The average Bonchev–Trinajstić information content (AvgIpc) is 2.96. The summed E-state index contributed by atoms with van der Waals surface area (Å²) in [5.74, 6) is 1.62. The van der Waals surface area contributed by atoms with Gasteiger partial charge in [0.1, 0.15) is 11.6 Å². The zero-order chi connectivity index (χ0) is 14.7. The SMILES string of the molecule is COc1ccc(C)cc1-c1csc(Nc2ccccn2)n1. The van der Waals surface area contributed by atoms with Gasteiger partial charge in [0.05, 0.1) is 12.8 Å². The number of nitrogens with zero attached hydrogens (tertiary/aromatic N) is 2. The Balaban J connectivity index is 1.90. The Hall–Kier alpha value is -2.40. The molecule has 0 unspecified atom stereocenters. The molecule has 1 N–H and O–H groups in total. The molecule has 0 aliphatic carbocycles. The largest absolute Gasteiger partial charge is 0.496 e. The lowest BCUT2D eigenvalue weighted by Gasteiger charge is -2.07. The van der Waals surface area contributed by atoms with Crippen LogP contribution in [0.1, 0.15) is 5.56 Å². The molecular weight excluding hydrogens is 282 g/mol. The molecular formula is C16H15N3OS. The Morgan fingerprint density at radius 1 is 1.19 bits per heavy atom. The van der Waals surface area contributed by atoms with Crippen molar-refractivity contribution >= 4 is 22.3 Å². The molecule has 0 amide bonds. The predicted octanol–water partition coefficient (Wildman–Crippen LogP) is 4.27. The summed E-state index contributed by atoms with van der Waals surface area (Å²) in [5.41, 5.74) is 3.08. The minimum atomic E-state index is 0.787. The number of rotatable bonds is 4. The van der Waals surface area contributed by atoms with Crippen LogP contribution >= 0.6 is 11.3 Å². The van der Waals surface area contributed by atoms with E-state index in [9.17, 15) is 0 Å². The van der Waals surface area contributed by atoms with Crippen molar-refractivity contribution in [3.05, 3.63) is 53.5 Å². The van der Waals surface area contributed by atoms with E-state index in [0.29, 0.717) is 0 Å². The number of methoxy groups -OCH3 is 1. The van der Waals surface area contributed by atoms with Crippen LogP contribution in [0.4, 0.5) is 10.9 Å². The van der Waals surface area contributed by atoms with Crippen molar-refractivity contribution in [2.45, 2.75) is 6.92 Å². The normalized spacial score (nSPS) is 10.4. The Bertz CT molecular complexity index is 740. The van der Waals surface area contributed by atoms with E-state index in [2.05, 4.69) is 28.3 Å². The molecule has 1 aromatic carbocycles. The predicted molar refractivity (Wildman–Crippen MR) is 86.4 cm³/mol. The zero-order valence-corrected chi connectivity index (χ0v) is 12.6. The van der Waals surface area contributed by atoms with Crippen molar-refractivity contribution in [2.75, 3.05) is 12.4 Å². The van der Waals surface area contributed by atoms with Gasteiger partial charge in [0.15, 0.2) is 5.13 Å². The fourth-order valence-corrected chi connectivity index (χ4v) is 2.74. The van der Waals surface area contributed by atoms with Gasteiger partial charge in [0, 0.05) is 17.1 Å². The summed E-state index contributed by atoms with van der Waals surface area (Å²) < 4.78 is 5.41. The lowest BCUT2D eigenvalue weighted by molar-refractivity contribution is 0.416. The van der Waals surface area contributed by atoms with Crippen molar-refractivity contribution < 1.29 is 4.74 Å². The summed E-state index contributed by atoms with van der Waals surface area (Å²) in [6.45, 7) is 2.06. The van der Waals surface area contributed by atoms with Gasteiger partial charge in [-0.25, -0.2) is 9.97 Å². The smallest absolute Gasteiger partial charge is 0.188 e. The van der Waals surface area contributed by atoms with Crippen LogP contribution in [0.3, 0.4) is 0 Å². The van der Waals surface area contributed by atoms with Crippen LogP contribution in [-0.4, -0.2) is 17.1 Å². The second-order valence-corrected chi connectivity index (χ2v) is 5.44. The Kier molecular flexibility index (Phi) is 3.83. The summed E-state index contributed by atoms with van der Waals surface area (Å²) in [6.07, 6.45) is 1.75. The summed E-state index contributed by atoms with van der Waals surface area (Å²) in [6, 6.07) is 11.8. The lowest BCUT2D eigenvalue weighted by Crippen LogP contribution is -1.92. The van der Waals surface area contributed by atoms with Crippen LogP contribution in [0.2, 0.25) is 0 Å². The molecule has 0 aliphatic rings. The van der Waals surface area contributed by atoms with Crippen molar-refractivity contribution in [3.8, 4) is 17.0 Å². The number of anilines is 2. The molecule has 0 saturated carbocycles. The van der Waals surface area contributed by atoms with Gasteiger partial charge in [-0.1, -0.05) is 17.7 Å². The van der Waals surface area contributed by atoms with Crippen molar-refractivity contribution in [1.29, 1.82) is 0 Å². The van der Waals surface area contributed by atoms with E-state index in [1.54, 1.807) is 24.6 Å². The molecule has 0 bridgehead atoms. The number of pyridine rings is 1. The third kappa shape index (κ3) is 3.03. The highest BCUT2D eigenvalue weighted by Crippen LogP contribution is 2.33. The van der Waals surface area contributed by atoms with Gasteiger partial charge in [-0.05, 0) is 31.2 Å². The Morgan fingerprint density at radius 2 is 2.10 bits per heavy atom. The molecule has 0 aliphatic heterocycles. The van der Waals surface area contributed by atoms with Crippen LogP contribution in [0.15, 0.2) is 48.0 Å². The molecule has 0 atom stereocenters. The molecule has 3 rings (SSSR count). The highest BCUT2D eigenvalue weighted by Gasteiger charge is 2.10. The Labute approximate surface area is 127 Å². The fourth-order valence-electron chi connectivity index (χ4n) is 2.02. The van der Waals surface area contributed by atoms with Gasteiger partial charge in [0.2, 0.25) is 0 Å². The molecule has 0 radical (unpaired) electrons. The number of nitrogens with one attached hydrogen (secondary N) is 1. The summed E-state index contributed by atoms with van der Waals surface area (Å²) in [5, 5.41) is 6.03. The Morgan fingerprint density at radius 3 is 2.86 bits per heavy atom. The first-order valence-electron chi connectivity index (χ1n) is 6.55. The lowest BCUT2D eigenvalue weighted by atomic mass is 10.1. The van der Waals surface area contributed by atoms with Crippen LogP contribution in [-0.2, 0) is 0 Å². The van der Waals surface area contributed by atoms with Crippen molar-refractivity contribution in [2.24, 2.45) is 0 Å². The van der Waals surface area contributed by atoms with Gasteiger partial charge in [-0.15, -0.1) is 11.3 Å². The third-order valence-corrected chi connectivity index (χ3v) is 3.79. The molecule has 2 heterocycles. The third-order valence-electron chi connectivity index (χ3n) is 3.04. The molecule has 106 valence electrons. The van der Waals surface area contributed by atoms with Gasteiger partial charge in [0.25, 0.3) is 0 Å². The standard InChI is InChI=1S/C16H15N3OS/c1-11-6-7-14(20-2)12(9-11)13-10-21-16(18-13)19-15-5-3-4-8-17-15/h3-10H,1-2H3,(H,17,18,19). The van der Waals surface area contributed by atoms with Crippen LogP contribution < -0.4 is 10.1 Å². The maximum absolute atomic E-state index is 5.41. The first-order chi connectivity index (χ1) is 10.3. The van der Waals surface area contributed by atoms with Crippen LogP contribution in [0.5, 0.6) is 5.75 Å². The van der Waals surface area contributed by atoms with E-state index >= 15 is 0 Å². The number of ether oxygens (including phenoxy) is 1. The number of aromatic nitrogens is 2. The van der Waals surface area contributed by atoms with Gasteiger partial charge < -0.3 is 10.1 Å². The topological polar surface area (TPSA) is 47.0 Å². The molecule has 2 aromatic heterocycles. The van der Waals surface area contributed by atoms with E-state index in [1.165, 1.54) is 5.56 Å². The summed E-state index contributed by atoms with van der Waals surface area (Å²) in [4.78, 5) is 8.85. The number of hydrogen-bond acceptors (Lipinski definition) is 5. The number of aryl methyl sites for hydroxylation is 1. The van der Waals surface area contributed by atoms with E-state index in [-0.39, 0.29) is 0 Å². The molecule has 21 heavy (non-hydrogen) atoms. The molecule has 3 aromatic rings. The number of hydrogen-bond donors (Lipinski definition) is 1. The highest BCUT2D eigenvalue weighted by molar-refractivity contribution is 7.14. The van der Waals surface area contributed by atoms with E-state index in [1.807, 2.05) is 35.7 Å². The minimum Gasteiger partial charge on any atom is -0.496 e. The van der Waals surface area contributed by atoms with Crippen molar-refractivity contribution in [1.82, 2.24) is 9.97 Å². The maximum Gasteiger partial charge on any atom is 0.188 e. The maximum atomic E-state index is 5.41. The van der Waals surface area contributed by atoms with Crippen LogP contribution in [0.25, 0.3) is 11.3 Å². The summed E-state index contributed by atoms with van der Waals surface area (Å²) in [7, 11) is 1.67. The van der Waals surface area contributed by atoms with Gasteiger partial charge >= 0.3 is 0 Å². The molecule has 0 saturated heterocycles. The first-order valence-corrected chi connectivity index (χ1v) is 7.43. The number of benzene rings is 1. The van der Waals surface area contributed by atoms with E-state index in [4.69, 9.17) is 4.74 Å². The van der Waals surface area contributed by atoms with Gasteiger partial charge in [-0.3, -0.25) is 0 Å². The van der Waals surface area contributed by atoms with Crippen molar-refractivity contribution in [3.63, 3.8) is 0 Å². The first kappa shape index (κ1) is 13.6. The second kappa shape index (κ2) is 5.93. The van der Waals surface area contributed by atoms with E-state index in [0.717, 1.165) is 28.0 Å². The van der Waals surface area contributed by atoms with Gasteiger partial charge in [-0.2, -0.15) is 0 Å². The minimum absolute atomic E-state index is 0.787. The quantitative estimate of drug-likeness (QED) is 0.781. The molecule has 5 heteroatoms. The number of thiazole rings is 1. The zero-order valence-electron chi connectivity index (χ0n) is 11.8. The molecule has 4 nitrogen and oxygen atoms in total. The highest BCUT2D eigenvalue weighted by atomic mass is 32.1. The molecule has 0 spiro atoms.